The van der Waals surface area contributed by atoms with E-state index in [1.165, 1.54) is 5.06 Å². The number of ether oxygens (including phenoxy) is 1. The number of hydrogen-bond donors (Lipinski definition) is 2. The summed E-state index contributed by atoms with van der Waals surface area (Å²) in [5.74, 6) is 0. The van der Waals surface area contributed by atoms with E-state index in [-0.39, 0.29) is 5.56 Å². The number of hydroxylamine groups is 1. The molecule has 158 valence electrons. The Morgan fingerprint density at radius 2 is 2.03 bits per heavy atom. The highest BCUT2D eigenvalue weighted by atomic mass is 16.5. The minimum Gasteiger partial charge on any atom is -0.380 e. The van der Waals surface area contributed by atoms with Gasteiger partial charge < -0.3 is 19.2 Å². The Bertz CT molecular complexity index is 1140. The Morgan fingerprint density at radius 1 is 1.23 bits per heavy atom. The molecule has 7 nitrogen and oxygen atoms in total. The van der Waals surface area contributed by atoms with E-state index in [0.29, 0.717) is 17.5 Å². The molecule has 2 saturated heterocycles. The third-order valence-electron chi connectivity index (χ3n) is 6.40. The number of anilines is 2. The first kappa shape index (κ1) is 19.2. The molecule has 3 aromatic rings. The summed E-state index contributed by atoms with van der Waals surface area (Å²) in [5.41, 5.74) is 4.76. The number of aryl methyl sites for hydroxylation is 1. The summed E-state index contributed by atoms with van der Waals surface area (Å²) in [7, 11) is 1.78. The van der Waals surface area contributed by atoms with Gasteiger partial charge in [0, 0.05) is 61.3 Å². The molecule has 5 rings (SSSR count). The molecule has 2 N–H and O–H groups in total. The molecule has 0 atom stereocenters. The summed E-state index contributed by atoms with van der Waals surface area (Å²) < 4.78 is 7.06. The van der Waals surface area contributed by atoms with E-state index in [2.05, 4.69) is 22.9 Å². The van der Waals surface area contributed by atoms with E-state index >= 15 is 0 Å². The van der Waals surface area contributed by atoms with Crippen LogP contribution in [0.15, 0.2) is 41.5 Å². The number of rotatable bonds is 6. The molecule has 0 unspecified atom stereocenters. The van der Waals surface area contributed by atoms with Crippen molar-refractivity contribution in [3.8, 4) is 11.1 Å². The first-order chi connectivity index (χ1) is 14.5. The topological polar surface area (TPSA) is 73.7 Å². The molecule has 0 radical (unpaired) electrons. The molecule has 7 heteroatoms. The van der Waals surface area contributed by atoms with Crippen LogP contribution in [0.4, 0.5) is 11.4 Å². The van der Waals surface area contributed by atoms with Crippen molar-refractivity contribution in [3.05, 3.63) is 47.0 Å². The van der Waals surface area contributed by atoms with Crippen molar-refractivity contribution >= 4 is 22.3 Å². The molecule has 2 aliphatic rings. The van der Waals surface area contributed by atoms with E-state index in [9.17, 15) is 10.0 Å². The summed E-state index contributed by atoms with van der Waals surface area (Å²) in [5, 5.41) is 12.8. The van der Waals surface area contributed by atoms with Gasteiger partial charge in [-0.1, -0.05) is 13.3 Å². The number of fused-ring (bicyclic) bond motifs is 1. The molecule has 2 aliphatic heterocycles. The van der Waals surface area contributed by atoms with Gasteiger partial charge in [0.1, 0.15) is 5.52 Å². The summed E-state index contributed by atoms with van der Waals surface area (Å²) in [4.78, 5) is 18.0. The van der Waals surface area contributed by atoms with Gasteiger partial charge in [0.15, 0.2) is 0 Å². The Kier molecular flexibility index (Phi) is 4.60. The molecule has 1 spiro atoms. The van der Waals surface area contributed by atoms with Gasteiger partial charge in [-0.3, -0.25) is 15.1 Å². The highest BCUT2D eigenvalue weighted by molar-refractivity contribution is 5.98. The fraction of sp³-hybridized carbons (Fsp3) is 0.435. The SMILES string of the molecule is CCCCN(O)c1ccc(N2CC3(COC3)C2)c(-c2cn(C)c(=O)c3[nH]ccc23)c1. The summed E-state index contributed by atoms with van der Waals surface area (Å²) >= 11 is 0. The van der Waals surface area contributed by atoms with Crippen molar-refractivity contribution in [1.82, 2.24) is 9.55 Å². The van der Waals surface area contributed by atoms with Gasteiger partial charge in [-0.15, -0.1) is 0 Å². The molecule has 1 aromatic carbocycles. The lowest BCUT2D eigenvalue weighted by Gasteiger charge is -2.56. The van der Waals surface area contributed by atoms with Gasteiger partial charge in [-0.2, -0.15) is 0 Å². The number of nitrogens with zero attached hydrogens (tertiary/aromatic N) is 3. The fourth-order valence-corrected chi connectivity index (χ4v) is 4.60. The third kappa shape index (κ3) is 3.00. The van der Waals surface area contributed by atoms with Gasteiger partial charge >= 0.3 is 0 Å². The molecule has 0 saturated carbocycles. The summed E-state index contributed by atoms with van der Waals surface area (Å²) in [6.45, 7) is 6.31. The summed E-state index contributed by atoms with van der Waals surface area (Å²) in [6, 6.07) is 8.07. The van der Waals surface area contributed by atoms with Crippen LogP contribution >= 0.6 is 0 Å². The lowest BCUT2D eigenvalue weighted by Crippen LogP contribution is -2.66. The van der Waals surface area contributed by atoms with Crippen LogP contribution in [-0.4, -0.2) is 47.6 Å². The smallest absolute Gasteiger partial charge is 0.274 e. The Labute approximate surface area is 175 Å². The predicted molar refractivity (Wildman–Crippen MR) is 118 cm³/mol. The average Bonchev–Trinajstić information content (AvgIpc) is 3.17. The number of unbranched alkanes of at least 4 members (excludes halogenated alkanes) is 1. The van der Waals surface area contributed by atoms with Crippen LogP contribution in [0.2, 0.25) is 0 Å². The zero-order chi connectivity index (χ0) is 20.9. The van der Waals surface area contributed by atoms with Crippen LogP contribution in [0.25, 0.3) is 22.0 Å². The molecular weight excluding hydrogens is 380 g/mol. The van der Waals surface area contributed by atoms with Crippen LogP contribution in [0.3, 0.4) is 0 Å². The van der Waals surface area contributed by atoms with Gasteiger partial charge in [-0.05, 0) is 30.7 Å². The second-order valence-electron chi connectivity index (χ2n) is 8.75. The minimum atomic E-state index is -0.0438. The van der Waals surface area contributed by atoms with Crippen molar-refractivity contribution in [1.29, 1.82) is 0 Å². The molecule has 0 bridgehead atoms. The van der Waals surface area contributed by atoms with Crippen molar-refractivity contribution in [3.63, 3.8) is 0 Å². The van der Waals surface area contributed by atoms with E-state index < -0.39 is 0 Å². The second kappa shape index (κ2) is 7.18. The van der Waals surface area contributed by atoms with Crippen molar-refractivity contribution in [2.24, 2.45) is 12.5 Å². The molecule has 4 heterocycles. The van der Waals surface area contributed by atoms with Crippen LogP contribution in [0, 0.1) is 5.41 Å². The number of benzene rings is 1. The van der Waals surface area contributed by atoms with Crippen molar-refractivity contribution in [2.45, 2.75) is 19.8 Å². The van der Waals surface area contributed by atoms with E-state index in [1.807, 2.05) is 30.6 Å². The number of H-pyrrole nitrogens is 1. The first-order valence-electron chi connectivity index (χ1n) is 10.6. The quantitative estimate of drug-likeness (QED) is 0.612. The van der Waals surface area contributed by atoms with Gasteiger partial charge in [0.05, 0.1) is 24.3 Å². The number of aromatic amines is 1. The van der Waals surface area contributed by atoms with Crippen molar-refractivity contribution < 1.29 is 9.94 Å². The van der Waals surface area contributed by atoms with Crippen molar-refractivity contribution in [2.75, 3.05) is 42.8 Å². The molecule has 2 aromatic heterocycles. The second-order valence-corrected chi connectivity index (χ2v) is 8.75. The number of nitrogens with one attached hydrogen (secondary N) is 1. The summed E-state index contributed by atoms with van der Waals surface area (Å²) in [6.07, 6.45) is 5.65. The van der Waals surface area contributed by atoms with Crippen LogP contribution in [0.5, 0.6) is 0 Å². The number of pyridine rings is 1. The zero-order valence-electron chi connectivity index (χ0n) is 17.5. The van der Waals surface area contributed by atoms with E-state index in [1.54, 1.807) is 11.6 Å². The molecule has 2 fully saturated rings. The predicted octanol–water partition coefficient (Wildman–Crippen LogP) is 3.37. The molecule has 0 amide bonds. The van der Waals surface area contributed by atoms with E-state index in [0.717, 1.165) is 67.0 Å². The zero-order valence-corrected chi connectivity index (χ0v) is 17.5. The Hall–Kier alpha value is -2.77. The lowest BCUT2D eigenvalue weighted by molar-refractivity contribution is -0.127. The maximum atomic E-state index is 12.5. The van der Waals surface area contributed by atoms with Gasteiger partial charge in [-0.25, -0.2) is 0 Å². The number of aromatic nitrogens is 2. The fourth-order valence-electron chi connectivity index (χ4n) is 4.60. The maximum absolute atomic E-state index is 12.5. The maximum Gasteiger partial charge on any atom is 0.274 e. The normalized spacial score (nSPS) is 17.2. The van der Waals surface area contributed by atoms with E-state index in [4.69, 9.17) is 4.74 Å². The third-order valence-corrected chi connectivity index (χ3v) is 6.40. The molecular formula is C23H28N4O3. The molecule has 30 heavy (non-hydrogen) atoms. The highest BCUT2D eigenvalue weighted by Gasteiger charge is 2.49. The van der Waals surface area contributed by atoms with Crippen LogP contribution in [-0.2, 0) is 11.8 Å². The Morgan fingerprint density at radius 3 is 2.73 bits per heavy atom. The number of hydrogen-bond acceptors (Lipinski definition) is 5. The van der Waals surface area contributed by atoms with Gasteiger partial charge in [0.2, 0.25) is 0 Å². The van der Waals surface area contributed by atoms with Crippen LogP contribution in [0.1, 0.15) is 19.8 Å². The Balaban J connectivity index is 1.62. The van der Waals surface area contributed by atoms with Gasteiger partial charge in [0.25, 0.3) is 5.56 Å². The monoisotopic (exact) mass is 408 g/mol. The lowest BCUT2D eigenvalue weighted by atomic mass is 9.77. The molecule has 0 aliphatic carbocycles. The average molecular weight is 409 g/mol. The standard InChI is InChI=1S/C23H28N4O3/c1-3-4-9-27(29)16-5-6-20(26-12-23(13-26)14-30-15-23)18(10-16)19-11-25(2)22(28)21-17(19)7-8-24-21/h5-8,10-11,24,29H,3-4,9,12-15H2,1-2H3. The largest absolute Gasteiger partial charge is 0.380 e. The highest BCUT2D eigenvalue weighted by Crippen LogP contribution is 2.45. The van der Waals surface area contributed by atoms with Crippen LogP contribution < -0.4 is 15.5 Å². The minimum absolute atomic E-state index is 0.0438. The first-order valence-corrected chi connectivity index (χ1v) is 10.6.